The molecule has 0 atom stereocenters. The first-order valence-electron chi connectivity index (χ1n) is 5.37. The largest absolute Gasteiger partial charge is 0.399 e. The van der Waals surface area contributed by atoms with E-state index in [1.165, 1.54) is 0 Å². The van der Waals surface area contributed by atoms with E-state index in [1.807, 2.05) is 12.1 Å². The lowest BCUT2D eigenvalue weighted by molar-refractivity contribution is -0.135. The monoisotopic (exact) mass is 242 g/mol. The number of nitrogens with two attached hydrogens (primary N) is 1. The minimum Gasteiger partial charge on any atom is -0.399 e. The standard InChI is InChI=1S/C12H13F3N2/c13-12(14,15)5-1-6-17-7-4-9-2-3-10(16)8-11(9)17/h2-4,7-8H,1,5-6,16H2. The smallest absolute Gasteiger partial charge is 0.389 e. The summed E-state index contributed by atoms with van der Waals surface area (Å²) >= 11 is 0. The fraction of sp³-hybridized carbons (Fsp3) is 0.333. The first-order valence-corrected chi connectivity index (χ1v) is 5.37. The Morgan fingerprint density at radius 3 is 2.65 bits per heavy atom. The number of hydrogen-bond acceptors (Lipinski definition) is 1. The van der Waals surface area contributed by atoms with Gasteiger partial charge in [0.15, 0.2) is 0 Å². The van der Waals surface area contributed by atoms with Crippen molar-refractivity contribution >= 4 is 16.6 Å². The van der Waals surface area contributed by atoms with E-state index >= 15 is 0 Å². The number of halogens is 3. The minimum atomic E-state index is -4.08. The number of anilines is 1. The molecule has 2 aromatic rings. The normalized spacial score (nSPS) is 12.2. The Balaban J connectivity index is 2.11. The molecular weight excluding hydrogens is 229 g/mol. The van der Waals surface area contributed by atoms with Crippen LogP contribution in [0.25, 0.3) is 10.9 Å². The van der Waals surface area contributed by atoms with Crippen LogP contribution in [0.15, 0.2) is 30.5 Å². The van der Waals surface area contributed by atoms with Crippen molar-refractivity contribution in [3.63, 3.8) is 0 Å². The number of aromatic nitrogens is 1. The van der Waals surface area contributed by atoms with Gasteiger partial charge in [-0.1, -0.05) is 6.07 Å². The quantitative estimate of drug-likeness (QED) is 0.819. The summed E-state index contributed by atoms with van der Waals surface area (Å²) in [4.78, 5) is 0. The molecule has 0 aliphatic rings. The van der Waals surface area contributed by atoms with E-state index in [0.717, 1.165) is 10.9 Å². The highest BCUT2D eigenvalue weighted by Crippen LogP contribution is 2.23. The molecule has 0 fully saturated rings. The first kappa shape index (κ1) is 11.8. The lowest BCUT2D eigenvalue weighted by Crippen LogP contribution is -2.08. The molecule has 2 rings (SSSR count). The van der Waals surface area contributed by atoms with E-state index in [2.05, 4.69) is 0 Å². The molecule has 2 N–H and O–H groups in total. The molecule has 0 aliphatic carbocycles. The Kier molecular flexibility index (Phi) is 3.00. The molecule has 0 radical (unpaired) electrons. The van der Waals surface area contributed by atoms with Crippen LogP contribution < -0.4 is 5.73 Å². The number of benzene rings is 1. The fourth-order valence-corrected chi connectivity index (χ4v) is 1.85. The second-order valence-corrected chi connectivity index (χ2v) is 4.05. The molecule has 0 aliphatic heterocycles. The third-order valence-electron chi connectivity index (χ3n) is 2.66. The van der Waals surface area contributed by atoms with E-state index in [0.29, 0.717) is 12.2 Å². The van der Waals surface area contributed by atoms with E-state index in [9.17, 15) is 13.2 Å². The molecule has 0 unspecified atom stereocenters. The average molecular weight is 242 g/mol. The Hall–Kier alpha value is -1.65. The Labute approximate surface area is 96.8 Å². The molecule has 0 saturated carbocycles. The van der Waals surface area contributed by atoms with Crippen molar-refractivity contribution in [1.29, 1.82) is 0 Å². The zero-order valence-electron chi connectivity index (χ0n) is 9.17. The predicted molar refractivity (Wildman–Crippen MR) is 61.6 cm³/mol. The van der Waals surface area contributed by atoms with Gasteiger partial charge in [0.05, 0.1) is 5.52 Å². The SMILES string of the molecule is Nc1ccc2ccn(CCCC(F)(F)F)c2c1. The van der Waals surface area contributed by atoms with Gasteiger partial charge in [-0.15, -0.1) is 0 Å². The third-order valence-corrected chi connectivity index (χ3v) is 2.66. The van der Waals surface area contributed by atoms with E-state index in [4.69, 9.17) is 5.73 Å². The zero-order valence-corrected chi connectivity index (χ0v) is 9.17. The van der Waals surface area contributed by atoms with Crippen LogP contribution in [-0.4, -0.2) is 10.7 Å². The lowest BCUT2D eigenvalue weighted by atomic mass is 10.2. The van der Waals surface area contributed by atoms with Gasteiger partial charge in [-0.05, 0) is 30.0 Å². The maximum atomic E-state index is 12.0. The second kappa shape index (κ2) is 4.31. The predicted octanol–water partition coefficient (Wildman–Crippen LogP) is 3.57. The van der Waals surface area contributed by atoms with Crippen molar-refractivity contribution in [2.45, 2.75) is 25.6 Å². The molecule has 17 heavy (non-hydrogen) atoms. The zero-order chi connectivity index (χ0) is 12.5. The molecule has 1 heterocycles. The van der Waals surface area contributed by atoms with E-state index in [-0.39, 0.29) is 6.42 Å². The number of alkyl halides is 3. The van der Waals surface area contributed by atoms with Crippen molar-refractivity contribution < 1.29 is 13.2 Å². The van der Waals surface area contributed by atoms with Crippen molar-refractivity contribution in [1.82, 2.24) is 4.57 Å². The summed E-state index contributed by atoms with van der Waals surface area (Å²) in [5.41, 5.74) is 7.16. The van der Waals surface area contributed by atoms with Gasteiger partial charge in [-0.2, -0.15) is 13.2 Å². The minimum absolute atomic E-state index is 0.0854. The lowest BCUT2D eigenvalue weighted by Gasteiger charge is -2.08. The molecule has 1 aromatic carbocycles. The molecular formula is C12H13F3N2. The topological polar surface area (TPSA) is 30.9 Å². The summed E-state index contributed by atoms with van der Waals surface area (Å²) in [7, 11) is 0. The van der Waals surface area contributed by atoms with Gasteiger partial charge >= 0.3 is 6.18 Å². The van der Waals surface area contributed by atoms with Gasteiger partial charge in [0, 0.05) is 24.8 Å². The number of nitrogen functional groups attached to an aromatic ring is 1. The van der Waals surface area contributed by atoms with Gasteiger partial charge < -0.3 is 10.3 Å². The van der Waals surface area contributed by atoms with Crippen molar-refractivity contribution in [2.24, 2.45) is 0 Å². The van der Waals surface area contributed by atoms with Crippen molar-refractivity contribution in [2.75, 3.05) is 5.73 Å². The second-order valence-electron chi connectivity index (χ2n) is 4.05. The van der Waals surface area contributed by atoms with Crippen LogP contribution >= 0.6 is 0 Å². The summed E-state index contributed by atoms with van der Waals surface area (Å²) in [6.07, 6.45) is -2.96. The van der Waals surface area contributed by atoms with Gasteiger partial charge in [0.25, 0.3) is 0 Å². The van der Waals surface area contributed by atoms with E-state index in [1.54, 1.807) is 22.9 Å². The highest BCUT2D eigenvalue weighted by Gasteiger charge is 2.26. The molecule has 0 spiro atoms. The van der Waals surface area contributed by atoms with Crippen LogP contribution in [-0.2, 0) is 6.54 Å². The van der Waals surface area contributed by atoms with Gasteiger partial charge in [-0.3, -0.25) is 0 Å². The summed E-state index contributed by atoms with van der Waals surface area (Å²) in [5.74, 6) is 0. The maximum Gasteiger partial charge on any atom is 0.389 e. The highest BCUT2D eigenvalue weighted by molar-refractivity contribution is 5.83. The van der Waals surface area contributed by atoms with Crippen LogP contribution in [0, 0.1) is 0 Å². The molecule has 1 aromatic heterocycles. The highest BCUT2D eigenvalue weighted by atomic mass is 19.4. The number of aryl methyl sites for hydroxylation is 1. The fourth-order valence-electron chi connectivity index (χ4n) is 1.85. The van der Waals surface area contributed by atoms with Crippen LogP contribution in [0.4, 0.5) is 18.9 Å². The number of nitrogens with zero attached hydrogens (tertiary/aromatic N) is 1. The number of fused-ring (bicyclic) bond motifs is 1. The Bertz CT molecular complexity index is 514. The Morgan fingerprint density at radius 1 is 1.18 bits per heavy atom. The van der Waals surface area contributed by atoms with Crippen LogP contribution in [0.5, 0.6) is 0 Å². The number of hydrogen-bond donors (Lipinski definition) is 1. The van der Waals surface area contributed by atoms with Crippen LogP contribution in [0.1, 0.15) is 12.8 Å². The van der Waals surface area contributed by atoms with E-state index < -0.39 is 12.6 Å². The molecule has 5 heteroatoms. The number of rotatable bonds is 3. The van der Waals surface area contributed by atoms with Crippen molar-refractivity contribution in [3.8, 4) is 0 Å². The summed E-state index contributed by atoms with van der Waals surface area (Å²) in [6, 6.07) is 7.30. The summed E-state index contributed by atoms with van der Waals surface area (Å²) in [5, 5.41) is 0.992. The molecule has 92 valence electrons. The van der Waals surface area contributed by atoms with Gasteiger partial charge in [0.1, 0.15) is 0 Å². The molecule has 2 nitrogen and oxygen atoms in total. The molecule has 0 bridgehead atoms. The van der Waals surface area contributed by atoms with Crippen molar-refractivity contribution in [3.05, 3.63) is 30.5 Å². The average Bonchev–Trinajstić information content (AvgIpc) is 2.59. The van der Waals surface area contributed by atoms with Crippen LogP contribution in [0.3, 0.4) is 0 Å². The summed E-state index contributed by atoms with van der Waals surface area (Å²) in [6.45, 7) is 0.354. The van der Waals surface area contributed by atoms with Crippen LogP contribution in [0.2, 0.25) is 0 Å². The third kappa shape index (κ3) is 2.93. The molecule has 0 amide bonds. The first-order chi connectivity index (χ1) is 7.96. The van der Waals surface area contributed by atoms with Gasteiger partial charge in [-0.25, -0.2) is 0 Å². The summed E-state index contributed by atoms with van der Waals surface area (Å²) < 4.78 is 37.9. The Morgan fingerprint density at radius 2 is 1.94 bits per heavy atom. The maximum absolute atomic E-state index is 12.0. The molecule has 0 saturated heterocycles. The van der Waals surface area contributed by atoms with Gasteiger partial charge in [0.2, 0.25) is 0 Å².